The zero-order valence-electron chi connectivity index (χ0n) is 9.04. The minimum atomic E-state index is 0.595. The summed E-state index contributed by atoms with van der Waals surface area (Å²) in [6.07, 6.45) is 4.01. The molecule has 2 nitrogen and oxygen atoms in total. The highest BCUT2D eigenvalue weighted by atomic mass is 32.1. The highest BCUT2D eigenvalue weighted by Gasteiger charge is 2.23. The molecular formula is C12H18N2S. The van der Waals surface area contributed by atoms with Gasteiger partial charge in [0.15, 0.2) is 0 Å². The van der Waals surface area contributed by atoms with Gasteiger partial charge in [0.05, 0.1) is 0 Å². The molecular weight excluding hydrogens is 204 g/mol. The van der Waals surface area contributed by atoms with Crippen molar-refractivity contribution >= 4 is 11.3 Å². The lowest BCUT2D eigenvalue weighted by atomic mass is 10.0. The van der Waals surface area contributed by atoms with E-state index in [1.807, 2.05) is 11.3 Å². The predicted octanol–water partition coefficient (Wildman–Crippen LogP) is 2.03. The number of hydrogen-bond donors (Lipinski definition) is 1. The van der Waals surface area contributed by atoms with Gasteiger partial charge in [-0.15, -0.1) is 11.3 Å². The molecule has 1 aromatic heterocycles. The largest absolute Gasteiger partial charge is 0.308 e. The maximum atomic E-state index is 3.65. The van der Waals surface area contributed by atoms with Crippen LogP contribution in [-0.4, -0.2) is 31.1 Å². The van der Waals surface area contributed by atoms with Crippen LogP contribution in [0.5, 0.6) is 0 Å². The van der Waals surface area contributed by atoms with Gasteiger partial charge in [0.25, 0.3) is 0 Å². The van der Waals surface area contributed by atoms with E-state index in [2.05, 4.69) is 21.7 Å². The van der Waals surface area contributed by atoms with Crippen molar-refractivity contribution in [1.29, 1.82) is 0 Å². The zero-order valence-corrected chi connectivity index (χ0v) is 9.85. The third-order valence-corrected chi connectivity index (χ3v) is 4.53. The average Bonchev–Trinajstić information content (AvgIpc) is 2.87. The van der Waals surface area contributed by atoms with E-state index in [1.54, 1.807) is 10.4 Å². The average molecular weight is 222 g/mol. The Labute approximate surface area is 95.3 Å². The number of nitrogens with one attached hydrogen (secondary N) is 1. The van der Waals surface area contributed by atoms with Crippen LogP contribution in [0.1, 0.15) is 29.3 Å². The number of nitrogens with zero attached hydrogens (tertiary/aromatic N) is 1. The number of hydrogen-bond acceptors (Lipinski definition) is 3. The first-order valence-electron chi connectivity index (χ1n) is 5.95. The van der Waals surface area contributed by atoms with E-state index in [-0.39, 0.29) is 0 Å². The number of thiophene rings is 1. The minimum Gasteiger partial charge on any atom is -0.308 e. The van der Waals surface area contributed by atoms with Crippen LogP contribution >= 0.6 is 11.3 Å². The van der Waals surface area contributed by atoms with E-state index in [4.69, 9.17) is 0 Å². The summed E-state index contributed by atoms with van der Waals surface area (Å²) in [5.41, 5.74) is 1.57. The topological polar surface area (TPSA) is 15.3 Å². The van der Waals surface area contributed by atoms with Crippen molar-refractivity contribution in [2.45, 2.75) is 25.3 Å². The normalized spacial score (nSPS) is 26.8. The second-order valence-corrected chi connectivity index (χ2v) is 5.56. The van der Waals surface area contributed by atoms with Gasteiger partial charge in [-0.25, -0.2) is 0 Å². The molecule has 82 valence electrons. The summed E-state index contributed by atoms with van der Waals surface area (Å²) in [5, 5.41) is 5.90. The van der Waals surface area contributed by atoms with Gasteiger partial charge in [0.2, 0.25) is 0 Å². The van der Waals surface area contributed by atoms with E-state index >= 15 is 0 Å². The van der Waals surface area contributed by atoms with Crippen molar-refractivity contribution in [3.8, 4) is 0 Å². The molecule has 2 aliphatic rings. The maximum absolute atomic E-state index is 3.65. The Hall–Kier alpha value is -0.380. The standard InChI is InChI=1S/C12H18N2S/c1-2-7-14(6-1)9-11-10-4-8-15-12(10)3-5-13-11/h4,8,11,13H,1-3,5-7,9H2. The molecule has 0 bridgehead atoms. The smallest absolute Gasteiger partial charge is 0.0460 e. The number of fused-ring (bicyclic) bond motifs is 1. The lowest BCUT2D eigenvalue weighted by Gasteiger charge is -2.28. The Morgan fingerprint density at radius 2 is 2.27 bits per heavy atom. The van der Waals surface area contributed by atoms with Crippen LogP contribution in [0.3, 0.4) is 0 Å². The van der Waals surface area contributed by atoms with Crippen LogP contribution in [0, 0.1) is 0 Å². The van der Waals surface area contributed by atoms with Crippen molar-refractivity contribution < 1.29 is 0 Å². The van der Waals surface area contributed by atoms with E-state index in [0.29, 0.717) is 6.04 Å². The summed E-state index contributed by atoms with van der Waals surface area (Å²) in [5.74, 6) is 0. The van der Waals surface area contributed by atoms with Crippen LogP contribution in [0.15, 0.2) is 11.4 Å². The molecule has 3 rings (SSSR count). The van der Waals surface area contributed by atoms with Crippen molar-refractivity contribution in [2.24, 2.45) is 0 Å². The second kappa shape index (κ2) is 4.24. The number of likely N-dealkylation sites (tertiary alicyclic amines) is 1. The highest BCUT2D eigenvalue weighted by Crippen LogP contribution is 2.28. The maximum Gasteiger partial charge on any atom is 0.0460 e. The van der Waals surface area contributed by atoms with Gasteiger partial charge in [-0.1, -0.05) is 0 Å². The molecule has 0 amide bonds. The van der Waals surface area contributed by atoms with Gasteiger partial charge in [0.1, 0.15) is 0 Å². The van der Waals surface area contributed by atoms with Crippen LogP contribution in [0.4, 0.5) is 0 Å². The Kier molecular flexibility index (Phi) is 2.77. The van der Waals surface area contributed by atoms with E-state index in [9.17, 15) is 0 Å². The van der Waals surface area contributed by atoms with Crippen LogP contribution in [0.25, 0.3) is 0 Å². The fourth-order valence-corrected chi connectivity index (χ4v) is 3.67. The van der Waals surface area contributed by atoms with Gasteiger partial charge in [-0.05, 0) is 49.4 Å². The summed E-state index contributed by atoms with van der Waals surface area (Å²) in [6.45, 7) is 4.98. The molecule has 0 saturated carbocycles. The monoisotopic (exact) mass is 222 g/mol. The van der Waals surface area contributed by atoms with Crippen molar-refractivity contribution in [1.82, 2.24) is 10.2 Å². The third kappa shape index (κ3) is 1.96. The Morgan fingerprint density at radius 3 is 3.13 bits per heavy atom. The molecule has 0 spiro atoms. The molecule has 2 aliphatic heterocycles. The molecule has 0 aromatic carbocycles. The molecule has 1 fully saturated rings. The van der Waals surface area contributed by atoms with Crippen LogP contribution in [-0.2, 0) is 6.42 Å². The predicted molar refractivity (Wildman–Crippen MR) is 64.4 cm³/mol. The fourth-order valence-electron chi connectivity index (χ4n) is 2.72. The van der Waals surface area contributed by atoms with Gasteiger partial charge >= 0.3 is 0 Å². The van der Waals surface area contributed by atoms with Crippen LogP contribution in [0.2, 0.25) is 0 Å². The van der Waals surface area contributed by atoms with Gasteiger partial charge in [0, 0.05) is 24.0 Å². The molecule has 0 radical (unpaired) electrons. The molecule has 1 aromatic rings. The summed E-state index contributed by atoms with van der Waals surface area (Å²) in [4.78, 5) is 4.21. The Balaban J connectivity index is 1.72. The lowest BCUT2D eigenvalue weighted by Crippen LogP contribution is -2.37. The highest BCUT2D eigenvalue weighted by molar-refractivity contribution is 7.10. The van der Waals surface area contributed by atoms with E-state index in [1.165, 1.54) is 38.9 Å². The summed E-state index contributed by atoms with van der Waals surface area (Å²) < 4.78 is 0. The third-order valence-electron chi connectivity index (χ3n) is 3.54. The molecule has 3 heteroatoms. The summed E-state index contributed by atoms with van der Waals surface area (Å²) >= 11 is 1.93. The minimum absolute atomic E-state index is 0.595. The quantitative estimate of drug-likeness (QED) is 0.823. The van der Waals surface area contributed by atoms with Crippen molar-refractivity contribution in [2.75, 3.05) is 26.2 Å². The molecule has 0 aliphatic carbocycles. The van der Waals surface area contributed by atoms with Crippen molar-refractivity contribution in [3.63, 3.8) is 0 Å². The SMILES string of the molecule is c1cc2c(s1)CCNC2CN1CCCC1. The van der Waals surface area contributed by atoms with Crippen molar-refractivity contribution in [3.05, 3.63) is 21.9 Å². The zero-order chi connectivity index (χ0) is 10.1. The van der Waals surface area contributed by atoms with E-state index in [0.717, 1.165) is 6.54 Å². The molecule has 15 heavy (non-hydrogen) atoms. The van der Waals surface area contributed by atoms with Gasteiger partial charge in [-0.2, -0.15) is 0 Å². The van der Waals surface area contributed by atoms with E-state index < -0.39 is 0 Å². The molecule has 1 N–H and O–H groups in total. The first-order chi connectivity index (χ1) is 7.43. The molecule has 3 heterocycles. The summed E-state index contributed by atoms with van der Waals surface area (Å²) in [6, 6.07) is 2.91. The molecule has 1 unspecified atom stereocenters. The Bertz CT molecular complexity index is 328. The van der Waals surface area contributed by atoms with Gasteiger partial charge < -0.3 is 10.2 Å². The molecule has 1 atom stereocenters. The molecule has 1 saturated heterocycles. The first-order valence-corrected chi connectivity index (χ1v) is 6.83. The number of rotatable bonds is 2. The van der Waals surface area contributed by atoms with Crippen LogP contribution < -0.4 is 5.32 Å². The fraction of sp³-hybridized carbons (Fsp3) is 0.667. The van der Waals surface area contributed by atoms with Gasteiger partial charge in [-0.3, -0.25) is 0 Å². The first kappa shape index (κ1) is 9.82. The Morgan fingerprint density at radius 1 is 1.40 bits per heavy atom. The second-order valence-electron chi connectivity index (χ2n) is 4.56. The summed E-state index contributed by atoms with van der Waals surface area (Å²) in [7, 11) is 0. The lowest BCUT2D eigenvalue weighted by molar-refractivity contribution is 0.288.